The second-order valence-corrected chi connectivity index (χ2v) is 4.85. The fourth-order valence-corrected chi connectivity index (χ4v) is 1.56. The molecule has 18 heavy (non-hydrogen) atoms. The first-order valence-electron chi connectivity index (χ1n) is 6.21. The van der Waals surface area contributed by atoms with Gasteiger partial charge in [0.2, 0.25) is 0 Å². The van der Waals surface area contributed by atoms with Crippen LogP contribution in [-0.4, -0.2) is 30.6 Å². The van der Waals surface area contributed by atoms with Crippen molar-refractivity contribution in [3.63, 3.8) is 0 Å². The highest BCUT2D eigenvalue weighted by Gasteiger charge is 2.05. The molecule has 0 aliphatic heterocycles. The summed E-state index contributed by atoms with van der Waals surface area (Å²) in [5.74, 6) is -0.143. The maximum atomic E-state index is 11.7. The number of hydrogen-bond acceptors (Lipinski definition) is 3. The average molecular weight is 315 g/mol. The Kier molecular flexibility index (Phi) is 7.60. The first-order valence-corrected chi connectivity index (χ1v) is 7.01. The highest BCUT2D eigenvalue weighted by Crippen LogP contribution is 2.07. The summed E-state index contributed by atoms with van der Waals surface area (Å²) in [6.07, 6.45) is 4.68. The number of pyridine rings is 1. The summed E-state index contributed by atoms with van der Waals surface area (Å²) in [6, 6.07) is 3.49. The lowest BCUT2D eigenvalue weighted by molar-refractivity contribution is 0.0935. The number of nitrogens with one attached hydrogen (secondary N) is 1. The number of aromatic nitrogens is 1. The molecule has 0 unspecified atom stereocenters. The first-order chi connectivity index (χ1) is 8.74. The van der Waals surface area contributed by atoms with Gasteiger partial charge in [0, 0.05) is 30.4 Å². The van der Waals surface area contributed by atoms with E-state index in [-0.39, 0.29) is 5.91 Å². The van der Waals surface area contributed by atoms with Crippen LogP contribution in [-0.2, 0) is 4.74 Å². The number of hydrogen-bond donors (Lipinski definition) is 1. The van der Waals surface area contributed by atoms with E-state index in [4.69, 9.17) is 4.74 Å². The van der Waals surface area contributed by atoms with E-state index in [9.17, 15) is 4.79 Å². The highest BCUT2D eigenvalue weighted by molar-refractivity contribution is 9.10. The minimum absolute atomic E-state index is 0.143. The lowest BCUT2D eigenvalue weighted by atomic mass is 10.3. The van der Waals surface area contributed by atoms with Crippen molar-refractivity contribution in [3.05, 3.63) is 28.5 Å². The van der Waals surface area contributed by atoms with Crippen molar-refractivity contribution in [2.24, 2.45) is 0 Å². The molecule has 1 rings (SSSR count). The fourth-order valence-electron chi connectivity index (χ4n) is 1.33. The summed E-state index contributed by atoms with van der Waals surface area (Å²) in [5, 5.41) is 2.81. The molecule has 0 atom stereocenters. The number of ether oxygens (including phenoxy) is 1. The summed E-state index contributed by atoms with van der Waals surface area (Å²) < 4.78 is 6.27. The van der Waals surface area contributed by atoms with Crippen molar-refractivity contribution >= 4 is 21.8 Å². The molecule has 5 heteroatoms. The number of carbonyl (C=O) groups is 1. The summed E-state index contributed by atoms with van der Waals surface area (Å²) in [5.41, 5.74) is 0.435. The molecule has 0 aliphatic carbocycles. The molecule has 0 bridgehead atoms. The molecule has 0 radical (unpaired) electrons. The Bertz CT molecular complexity index is 355. The van der Waals surface area contributed by atoms with Crippen molar-refractivity contribution in [1.82, 2.24) is 10.3 Å². The molecule has 1 heterocycles. The summed E-state index contributed by atoms with van der Waals surface area (Å²) >= 11 is 3.28. The summed E-state index contributed by atoms with van der Waals surface area (Å²) in [4.78, 5) is 15.7. The summed E-state index contributed by atoms with van der Waals surface area (Å²) in [7, 11) is 0. The Balaban J connectivity index is 2.12. The number of halogens is 1. The molecule has 0 spiro atoms. The van der Waals surface area contributed by atoms with Crippen LogP contribution in [0.4, 0.5) is 0 Å². The van der Waals surface area contributed by atoms with Gasteiger partial charge in [-0.25, -0.2) is 4.98 Å². The number of amides is 1. The minimum atomic E-state index is -0.143. The van der Waals surface area contributed by atoms with Crippen molar-refractivity contribution in [1.29, 1.82) is 0 Å². The predicted molar refractivity (Wildman–Crippen MR) is 74.6 cm³/mol. The van der Waals surface area contributed by atoms with E-state index in [2.05, 4.69) is 33.2 Å². The SMILES string of the molecule is CCCCOCCCNC(=O)c1ccc(Br)cn1. The van der Waals surface area contributed by atoms with E-state index in [0.29, 0.717) is 18.8 Å². The molecule has 0 saturated carbocycles. The predicted octanol–water partition coefficient (Wildman–Crippen LogP) is 2.78. The van der Waals surface area contributed by atoms with Gasteiger partial charge in [-0.3, -0.25) is 4.79 Å². The Morgan fingerprint density at radius 2 is 2.17 bits per heavy atom. The van der Waals surface area contributed by atoms with Gasteiger partial charge >= 0.3 is 0 Å². The van der Waals surface area contributed by atoms with Crippen molar-refractivity contribution in [3.8, 4) is 0 Å². The molecule has 1 aromatic rings. The fraction of sp³-hybridized carbons (Fsp3) is 0.538. The number of carbonyl (C=O) groups excluding carboxylic acids is 1. The summed E-state index contributed by atoms with van der Waals surface area (Å²) in [6.45, 7) is 4.24. The van der Waals surface area contributed by atoms with E-state index >= 15 is 0 Å². The zero-order valence-electron chi connectivity index (χ0n) is 10.6. The molecular weight excluding hydrogens is 296 g/mol. The van der Waals surface area contributed by atoms with Crippen LogP contribution in [0.3, 0.4) is 0 Å². The molecule has 0 fully saturated rings. The van der Waals surface area contributed by atoms with Gasteiger partial charge in [-0.05, 0) is 40.9 Å². The van der Waals surface area contributed by atoms with Gasteiger partial charge in [0.1, 0.15) is 5.69 Å². The molecule has 1 N–H and O–H groups in total. The van der Waals surface area contributed by atoms with Crippen LogP contribution in [0.1, 0.15) is 36.7 Å². The zero-order valence-corrected chi connectivity index (χ0v) is 12.2. The Labute approximate surface area is 116 Å². The van der Waals surface area contributed by atoms with Crippen LogP contribution in [0.25, 0.3) is 0 Å². The second kappa shape index (κ2) is 9.05. The minimum Gasteiger partial charge on any atom is -0.381 e. The van der Waals surface area contributed by atoms with Gasteiger partial charge < -0.3 is 10.1 Å². The highest BCUT2D eigenvalue weighted by atomic mass is 79.9. The first kappa shape index (κ1) is 15.1. The molecule has 4 nitrogen and oxygen atoms in total. The molecule has 1 aromatic heterocycles. The lowest BCUT2D eigenvalue weighted by Gasteiger charge is -2.05. The lowest BCUT2D eigenvalue weighted by Crippen LogP contribution is -2.26. The molecule has 0 saturated heterocycles. The van der Waals surface area contributed by atoms with Crippen molar-refractivity contribution in [2.75, 3.05) is 19.8 Å². The van der Waals surface area contributed by atoms with Gasteiger partial charge in [0.05, 0.1) is 0 Å². The van der Waals surface area contributed by atoms with Crippen molar-refractivity contribution in [2.45, 2.75) is 26.2 Å². The van der Waals surface area contributed by atoms with Crippen LogP contribution in [0.5, 0.6) is 0 Å². The molecule has 1 amide bonds. The monoisotopic (exact) mass is 314 g/mol. The third-order valence-electron chi connectivity index (χ3n) is 2.35. The van der Waals surface area contributed by atoms with Crippen LogP contribution in [0.15, 0.2) is 22.8 Å². The largest absolute Gasteiger partial charge is 0.381 e. The zero-order chi connectivity index (χ0) is 13.2. The quantitative estimate of drug-likeness (QED) is 0.751. The topological polar surface area (TPSA) is 51.2 Å². The smallest absolute Gasteiger partial charge is 0.269 e. The van der Waals surface area contributed by atoms with Gasteiger partial charge in [0.25, 0.3) is 5.91 Å². The Hall–Kier alpha value is -0.940. The van der Waals surface area contributed by atoms with Crippen LogP contribution >= 0.6 is 15.9 Å². The van der Waals surface area contributed by atoms with Gasteiger partial charge in [-0.15, -0.1) is 0 Å². The van der Waals surface area contributed by atoms with E-state index in [1.165, 1.54) is 0 Å². The second-order valence-electron chi connectivity index (χ2n) is 3.94. The van der Waals surface area contributed by atoms with Gasteiger partial charge in [-0.1, -0.05) is 13.3 Å². The number of rotatable bonds is 8. The normalized spacial score (nSPS) is 10.3. The maximum absolute atomic E-state index is 11.7. The van der Waals surface area contributed by atoms with Gasteiger partial charge in [0.15, 0.2) is 0 Å². The van der Waals surface area contributed by atoms with E-state index in [1.807, 2.05) is 0 Å². The molecular formula is C13H19BrN2O2. The third-order valence-corrected chi connectivity index (χ3v) is 2.82. The third kappa shape index (κ3) is 6.12. The van der Waals surface area contributed by atoms with Gasteiger partial charge in [-0.2, -0.15) is 0 Å². The van der Waals surface area contributed by atoms with E-state index in [0.717, 1.165) is 30.3 Å². The number of nitrogens with zero attached hydrogens (tertiary/aromatic N) is 1. The van der Waals surface area contributed by atoms with Crippen LogP contribution in [0, 0.1) is 0 Å². The standard InChI is InChI=1S/C13H19BrN2O2/c1-2-3-8-18-9-4-7-15-13(17)12-6-5-11(14)10-16-12/h5-6,10H,2-4,7-9H2,1H3,(H,15,17). The van der Waals surface area contributed by atoms with Crippen molar-refractivity contribution < 1.29 is 9.53 Å². The van der Waals surface area contributed by atoms with Crippen LogP contribution in [0.2, 0.25) is 0 Å². The Morgan fingerprint density at radius 3 is 2.83 bits per heavy atom. The van der Waals surface area contributed by atoms with E-state index < -0.39 is 0 Å². The maximum Gasteiger partial charge on any atom is 0.269 e. The van der Waals surface area contributed by atoms with Crippen LogP contribution < -0.4 is 5.32 Å². The molecule has 0 aromatic carbocycles. The molecule has 100 valence electrons. The Morgan fingerprint density at radius 1 is 1.39 bits per heavy atom. The van der Waals surface area contributed by atoms with E-state index in [1.54, 1.807) is 18.3 Å². The molecule has 0 aliphatic rings. The number of unbranched alkanes of at least 4 members (excludes halogenated alkanes) is 1. The average Bonchev–Trinajstić information content (AvgIpc) is 2.38.